The average molecular weight is 281 g/mol. The van der Waals surface area contributed by atoms with E-state index in [1.807, 2.05) is 18.0 Å². The topological polar surface area (TPSA) is 49.3 Å². The van der Waals surface area contributed by atoms with Crippen LogP contribution in [0.15, 0.2) is 12.1 Å². The van der Waals surface area contributed by atoms with E-state index in [-0.39, 0.29) is 11.9 Å². The van der Waals surface area contributed by atoms with Gasteiger partial charge in [-0.15, -0.1) is 10.2 Å². The fourth-order valence-electron chi connectivity index (χ4n) is 3.13. The smallest absolute Gasteiger partial charge is 0.245 e. The summed E-state index contributed by atoms with van der Waals surface area (Å²) >= 11 is 5.77. The first-order valence-corrected chi connectivity index (χ1v) is 7.05. The average Bonchev–Trinajstić information content (AvgIpc) is 2.43. The van der Waals surface area contributed by atoms with Gasteiger partial charge in [-0.1, -0.05) is 11.6 Å². The van der Waals surface area contributed by atoms with Crippen LogP contribution < -0.4 is 4.90 Å². The van der Waals surface area contributed by atoms with Crippen LogP contribution in [-0.2, 0) is 4.79 Å². The summed E-state index contributed by atoms with van der Waals surface area (Å²) in [4.78, 5) is 16.3. The van der Waals surface area contributed by atoms with Crippen molar-refractivity contribution in [3.05, 3.63) is 17.3 Å². The molecule has 0 aliphatic carbocycles. The molecule has 2 aliphatic heterocycles. The first-order chi connectivity index (χ1) is 9.16. The quantitative estimate of drug-likeness (QED) is 0.784. The number of rotatable bonds is 1. The third-order valence-corrected chi connectivity index (χ3v) is 4.33. The Hall–Kier alpha value is -1.36. The summed E-state index contributed by atoms with van der Waals surface area (Å²) in [5.74, 6) is 1.39. The van der Waals surface area contributed by atoms with Gasteiger partial charge in [0, 0.05) is 20.1 Å². The fraction of sp³-hybridized carbons (Fsp3) is 0.615. The minimum absolute atomic E-state index is 0.0806. The maximum Gasteiger partial charge on any atom is 0.245 e. The third kappa shape index (κ3) is 2.27. The first kappa shape index (κ1) is 12.7. The summed E-state index contributed by atoms with van der Waals surface area (Å²) in [7, 11) is 1.87. The standard InChI is InChI=1S/C13H17ClN4O/c1-17-8-6-9-3-2-7-18(12(9)13(17)19)11-5-4-10(14)15-16-11/h4-5,9,12H,2-3,6-8H2,1H3/t9-,12-/m1/s1. The molecule has 0 unspecified atom stereocenters. The van der Waals surface area contributed by atoms with E-state index in [1.54, 1.807) is 6.07 Å². The second kappa shape index (κ2) is 4.96. The molecular weight excluding hydrogens is 264 g/mol. The van der Waals surface area contributed by atoms with Crippen LogP contribution in [0, 0.1) is 5.92 Å². The first-order valence-electron chi connectivity index (χ1n) is 6.67. The van der Waals surface area contributed by atoms with Gasteiger partial charge in [0.15, 0.2) is 11.0 Å². The Labute approximate surface area is 117 Å². The fourth-order valence-corrected chi connectivity index (χ4v) is 3.23. The second-order valence-corrected chi connectivity index (χ2v) is 5.69. The van der Waals surface area contributed by atoms with Crippen LogP contribution in [0.3, 0.4) is 0 Å². The monoisotopic (exact) mass is 280 g/mol. The molecule has 0 N–H and O–H groups in total. The molecule has 2 atom stereocenters. The highest BCUT2D eigenvalue weighted by Gasteiger charge is 2.41. The molecule has 6 heteroatoms. The summed E-state index contributed by atoms with van der Waals surface area (Å²) in [5.41, 5.74) is 0. The lowest BCUT2D eigenvalue weighted by molar-refractivity contribution is -0.136. The van der Waals surface area contributed by atoms with Crippen LogP contribution in [0.5, 0.6) is 0 Å². The van der Waals surface area contributed by atoms with Crippen LogP contribution in [0.4, 0.5) is 5.82 Å². The maximum absolute atomic E-state index is 12.4. The number of amides is 1. The predicted octanol–water partition coefficient (Wildman–Crippen LogP) is 1.58. The lowest BCUT2D eigenvalue weighted by Crippen LogP contribution is -2.58. The number of likely N-dealkylation sites (tertiary alicyclic amines) is 1. The Balaban J connectivity index is 1.91. The van der Waals surface area contributed by atoms with Crippen molar-refractivity contribution < 1.29 is 4.79 Å². The van der Waals surface area contributed by atoms with Crippen molar-refractivity contribution in [1.82, 2.24) is 15.1 Å². The molecule has 3 rings (SSSR count). The van der Waals surface area contributed by atoms with Gasteiger partial charge in [-0.2, -0.15) is 0 Å². The van der Waals surface area contributed by atoms with Crippen molar-refractivity contribution >= 4 is 23.3 Å². The molecule has 0 saturated carbocycles. The van der Waals surface area contributed by atoms with Crippen molar-refractivity contribution in [2.75, 3.05) is 25.0 Å². The maximum atomic E-state index is 12.4. The van der Waals surface area contributed by atoms with Gasteiger partial charge in [-0.3, -0.25) is 4.79 Å². The number of hydrogen-bond donors (Lipinski definition) is 0. The summed E-state index contributed by atoms with van der Waals surface area (Å²) in [6.07, 6.45) is 3.30. The van der Waals surface area contributed by atoms with E-state index >= 15 is 0 Å². The van der Waals surface area contributed by atoms with Crippen LogP contribution in [0.1, 0.15) is 19.3 Å². The van der Waals surface area contributed by atoms with Gasteiger partial charge in [0.2, 0.25) is 5.91 Å². The van der Waals surface area contributed by atoms with E-state index in [9.17, 15) is 4.79 Å². The van der Waals surface area contributed by atoms with E-state index in [2.05, 4.69) is 15.1 Å². The van der Waals surface area contributed by atoms with Crippen molar-refractivity contribution in [1.29, 1.82) is 0 Å². The molecule has 0 aromatic carbocycles. The summed E-state index contributed by atoms with van der Waals surface area (Å²) < 4.78 is 0. The molecule has 1 aromatic rings. The Kier molecular flexibility index (Phi) is 3.31. The number of carbonyl (C=O) groups excluding carboxylic acids is 1. The highest BCUT2D eigenvalue weighted by molar-refractivity contribution is 6.29. The number of piperidine rings is 2. The number of carbonyl (C=O) groups is 1. The molecule has 2 fully saturated rings. The lowest BCUT2D eigenvalue weighted by Gasteiger charge is -2.45. The van der Waals surface area contributed by atoms with E-state index < -0.39 is 0 Å². The van der Waals surface area contributed by atoms with Crippen LogP contribution in [-0.4, -0.2) is 47.2 Å². The molecule has 0 bridgehead atoms. The van der Waals surface area contributed by atoms with Crippen LogP contribution >= 0.6 is 11.6 Å². The molecule has 1 amide bonds. The van der Waals surface area contributed by atoms with Gasteiger partial charge >= 0.3 is 0 Å². The predicted molar refractivity (Wildman–Crippen MR) is 73.2 cm³/mol. The number of nitrogens with zero attached hydrogens (tertiary/aromatic N) is 4. The highest BCUT2D eigenvalue weighted by atomic mass is 35.5. The number of anilines is 1. The van der Waals surface area contributed by atoms with Gasteiger partial charge in [0.25, 0.3) is 0 Å². The largest absolute Gasteiger partial charge is 0.344 e. The Bertz CT molecular complexity index is 478. The van der Waals surface area contributed by atoms with Crippen molar-refractivity contribution in [3.8, 4) is 0 Å². The minimum Gasteiger partial charge on any atom is -0.344 e. The van der Waals surface area contributed by atoms with E-state index in [0.717, 1.165) is 38.2 Å². The second-order valence-electron chi connectivity index (χ2n) is 5.30. The van der Waals surface area contributed by atoms with Gasteiger partial charge in [-0.25, -0.2) is 0 Å². The molecule has 1 aromatic heterocycles. The summed E-state index contributed by atoms with van der Waals surface area (Å²) in [6, 6.07) is 3.49. The zero-order chi connectivity index (χ0) is 13.4. The SMILES string of the molecule is CN1CC[C@H]2CCCN(c3ccc(Cl)nn3)[C@H]2C1=O. The van der Waals surface area contributed by atoms with E-state index in [0.29, 0.717) is 11.1 Å². The molecule has 102 valence electrons. The molecule has 3 heterocycles. The number of hydrogen-bond acceptors (Lipinski definition) is 4. The Morgan fingerprint density at radius 2 is 2.11 bits per heavy atom. The Morgan fingerprint density at radius 3 is 2.84 bits per heavy atom. The van der Waals surface area contributed by atoms with Gasteiger partial charge < -0.3 is 9.80 Å². The summed E-state index contributed by atoms with van der Waals surface area (Å²) in [6.45, 7) is 1.72. The molecular formula is C13H17ClN4O. The van der Waals surface area contributed by atoms with Gasteiger partial charge in [-0.05, 0) is 37.3 Å². The molecule has 5 nitrogen and oxygen atoms in total. The molecule has 2 saturated heterocycles. The van der Waals surface area contributed by atoms with Crippen molar-refractivity contribution in [2.45, 2.75) is 25.3 Å². The zero-order valence-electron chi connectivity index (χ0n) is 10.9. The van der Waals surface area contributed by atoms with Crippen molar-refractivity contribution in [2.24, 2.45) is 5.92 Å². The van der Waals surface area contributed by atoms with E-state index in [1.165, 1.54) is 0 Å². The van der Waals surface area contributed by atoms with E-state index in [4.69, 9.17) is 11.6 Å². The number of likely N-dealkylation sites (N-methyl/N-ethyl adjacent to an activating group) is 1. The molecule has 0 spiro atoms. The van der Waals surface area contributed by atoms with Gasteiger partial charge in [0.1, 0.15) is 6.04 Å². The number of aromatic nitrogens is 2. The normalized spacial score (nSPS) is 27.4. The highest BCUT2D eigenvalue weighted by Crippen LogP contribution is 2.33. The third-order valence-electron chi connectivity index (χ3n) is 4.13. The van der Waals surface area contributed by atoms with Gasteiger partial charge in [0.05, 0.1) is 0 Å². The zero-order valence-corrected chi connectivity index (χ0v) is 11.7. The Morgan fingerprint density at radius 1 is 1.26 bits per heavy atom. The van der Waals surface area contributed by atoms with Crippen LogP contribution in [0.25, 0.3) is 0 Å². The van der Waals surface area contributed by atoms with Crippen molar-refractivity contribution in [3.63, 3.8) is 0 Å². The number of halogens is 1. The molecule has 0 radical (unpaired) electrons. The molecule has 2 aliphatic rings. The minimum atomic E-state index is -0.0806. The molecule has 19 heavy (non-hydrogen) atoms. The van der Waals surface area contributed by atoms with Crippen LogP contribution in [0.2, 0.25) is 5.15 Å². The lowest BCUT2D eigenvalue weighted by atomic mass is 9.83. The number of fused-ring (bicyclic) bond motifs is 1. The summed E-state index contributed by atoms with van der Waals surface area (Å²) in [5, 5.41) is 8.39.